The van der Waals surface area contributed by atoms with Crippen LogP contribution < -0.4 is 4.90 Å². The standard InChI is InChI=1S/C11H17ClN4/c1-3-9-10(12)13-8-14-11(9)16-6-4-15(2)5-7-16/h8H,3-7H2,1-2H3. The molecule has 0 amide bonds. The molecule has 0 atom stereocenters. The summed E-state index contributed by atoms with van der Waals surface area (Å²) in [5.41, 5.74) is 1.06. The molecule has 0 bridgehead atoms. The molecule has 0 radical (unpaired) electrons. The predicted molar refractivity (Wildman–Crippen MR) is 66.1 cm³/mol. The van der Waals surface area contributed by atoms with Gasteiger partial charge >= 0.3 is 0 Å². The van der Waals surface area contributed by atoms with Gasteiger partial charge in [-0.2, -0.15) is 0 Å². The van der Waals surface area contributed by atoms with Gasteiger partial charge in [-0.3, -0.25) is 0 Å². The topological polar surface area (TPSA) is 32.3 Å². The first-order valence-corrected chi connectivity index (χ1v) is 6.03. The highest BCUT2D eigenvalue weighted by Gasteiger charge is 2.19. The van der Waals surface area contributed by atoms with Crippen molar-refractivity contribution in [1.29, 1.82) is 0 Å². The van der Waals surface area contributed by atoms with Crippen molar-refractivity contribution in [2.75, 3.05) is 38.1 Å². The zero-order chi connectivity index (χ0) is 11.5. The Balaban J connectivity index is 2.23. The second kappa shape index (κ2) is 4.97. The molecule has 0 spiro atoms. The zero-order valence-corrected chi connectivity index (χ0v) is 10.5. The summed E-state index contributed by atoms with van der Waals surface area (Å²) in [6, 6.07) is 0. The Kier molecular flexibility index (Phi) is 3.61. The first-order chi connectivity index (χ1) is 7.72. The van der Waals surface area contributed by atoms with E-state index in [2.05, 4.69) is 33.7 Å². The summed E-state index contributed by atoms with van der Waals surface area (Å²) in [6.45, 7) is 6.26. The zero-order valence-electron chi connectivity index (χ0n) is 9.78. The number of anilines is 1. The fourth-order valence-corrected chi connectivity index (χ4v) is 2.24. The number of rotatable bonds is 2. The average molecular weight is 241 g/mol. The summed E-state index contributed by atoms with van der Waals surface area (Å²) in [7, 11) is 2.14. The third-order valence-corrected chi connectivity index (χ3v) is 3.35. The minimum Gasteiger partial charge on any atom is -0.354 e. The van der Waals surface area contributed by atoms with Gasteiger partial charge in [0.15, 0.2) is 0 Å². The molecule has 1 saturated heterocycles. The highest BCUT2D eigenvalue weighted by Crippen LogP contribution is 2.24. The van der Waals surface area contributed by atoms with E-state index in [1.165, 1.54) is 0 Å². The normalized spacial score (nSPS) is 17.8. The maximum Gasteiger partial charge on any atom is 0.137 e. The number of hydrogen-bond acceptors (Lipinski definition) is 4. The SMILES string of the molecule is CCc1c(Cl)ncnc1N1CCN(C)CC1. The lowest BCUT2D eigenvalue weighted by Gasteiger charge is -2.34. The maximum atomic E-state index is 6.09. The van der Waals surface area contributed by atoms with Crippen LogP contribution in [0.3, 0.4) is 0 Å². The van der Waals surface area contributed by atoms with Gasteiger partial charge in [-0.25, -0.2) is 9.97 Å². The summed E-state index contributed by atoms with van der Waals surface area (Å²) in [6.07, 6.45) is 2.43. The van der Waals surface area contributed by atoms with E-state index < -0.39 is 0 Å². The van der Waals surface area contributed by atoms with Crippen LogP contribution in [0.4, 0.5) is 5.82 Å². The molecule has 1 aliphatic heterocycles. The Labute approximate surface area is 101 Å². The van der Waals surface area contributed by atoms with E-state index in [-0.39, 0.29) is 0 Å². The second-order valence-electron chi connectivity index (χ2n) is 4.11. The fraction of sp³-hybridized carbons (Fsp3) is 0.636. The van der Waals surface area contributed by atoms with E-state index in [9.17, 15) is 0 Å². The summed E-state index contributed by atoms with van der Waals surface area (Å²) in [5.74, 6) is 1.01. The number of aromatic nitrogens is 2. The summed E-state index contributed by atoms with van der Waals surface area (Å²) >= 11 is 6.09. The summed E-state index contributed by atoms with van der Waals surface area (Å²) < 4.78 is 0. The van der Waals surface area contributed by atoms with Gasteiger partial charge in [0.05, 0.1) is 0 Å². The third kappa shape index (κ3) is 2.28. The molecule has 0 unspecified atom stereocenters. The molecule has 1 aromatic rings. The van der Waals surface area contributed by atoms with E-state index >= 15 is 0 Å². The lowest BCUT2D eigenvalue weighted by Crippen LogP contribution is -2.45. The van der Waals surface area contributed by atoms with E-state index in [4.69, 9.17) is 11.6 Å². The monoisotopic (exact) mass is 240 g/mol. The molecule has 2 heterocycles. The molecule has 1 aliphatic rings. The second-order valence-corrected chi connectivity index (χ2v) is 4.47. The van der Waals surface area contributed by atoms with Crippen LogP contribution in [0.2, 0.25) is 5.15 Å². The fourth-order valence-electron chi connectivity index (χ4n) is 1.98. The molecular formula is C11H17ClN4. The summed E-state index contributed by atoms with van der Waals surface area (Å²) in [4.78, 5) is 13.0. The van der Waals surface area contributed by atoms with Gasteiger partial charge in [-0.15, -0.1) is 0 Å². The van der Waals surface area contributed by atoms with Crippen LogP contribution in [0.5, 0.6) is 0 Å². The lowest BCUT2D eigenvalue weighted by molar-refractivity contribution is 0.312. The van der Waals surface area contributed by atoms with E-state index in [0.29, 0.717) is 5.15 Å². The lowest BCUT2D eigenvalue weighted by atomic mass is 10.2. The molecule has 1 aromatic heterocycles. The first-order valence-electron chi connectivity index (χ1n) is 5.65. The number of halogens is 1. The first kappa shape index (κ1) is 11.6. The largest absolute Gasteiger partial charge is 0.354 e. The molecule has 2 rings (SSSR count). The molecule has 1 fully saturated rings. The Bertz CT molecular complexity index is 361. The number of piperazine rings is 1. The third-order valence-electron chi connectivity index (χ3n) is 3.03. The van der Waals surface area contributed by atoms with Crippen molar-refractivity contribution < 1.29 is 0 Å². The molecule has 4 nitrogen and oxygen atoms in total. The van der Waals surface area contributed by atoms with Crippen LogP contribution in [0.25, 0.3) is 0 Å². The van der Waals surface area contributed by atoms with Crippen LogP contribution in [0.15, 0.2) is 6.33 Å². The quantitative estimate of drug-likeness (QED) is 0.733. The molecule has 0 N–H and O–H groups in total. The van der Waals surface area contributed by atoms with Crippen molar-refractivity contribution >= 4 is 17.4 Å². The minimum absolute atomic E-state index is 0.589. The minimum atomic E-state index is 0.589. The smallest absolute Gasteiger partial charge is 0.137 e. The number of hydrogen-bond donors (Lipinski definition) is 0. The Hall–Kier alpha value is -0.870. The molecule has 5 heteroatoms. The van der Waals surface area contributed by atoms with Crippen LogP contribution in [0.1, 0.15) is 12.5 Å². The van der Waals surface area contributed by atoms with Crippen molar-refractivity contribution in [3.63, 3.8) is 0 Å². The van der Waals surface area contributed by atoms with Gasteiger partial charge in [-0.05, 0) is 13.5 Å². The average Bonchev–Trinajstić information content (AvgIpc) is 2.30. The van der Waals surface area contributed by atoms with E-state index in [1.54, 1.807) is 6.33 Å². The molecule has 88 valence electrons. The molecule has 0 saturated carbocycles. The molecule has 16 heavy (non-hydrogen) atoms. The van der Waals surface area contributed by atoms with Crippen molar-refractivity contribution in [3.8, 4) is 0 Å². The van der Waals surface area contributed by atoms with Crippen LogP contribution in [0, 0.1) is 0 Å². The van der Waals surface area contributed by atoms with Crippen molar-refractivity contribution in [3.05, 3.63) is 17.0 Å². The maximum absolute atomic E-state index is 6.09. The molecule has 0 aliphatic carbocycles. The van der Waals surface area contributed by atoms with E-state index in [1.807, 2.05) is 0 Å². The van der Waals surface area contributed by atoms with Crippen molar-refractivity contribution in [1.82, 2.24) is 14.9 Å². The van der Waals surface area contributed by atoms with Crippen LogP contribution in [-0.4, -0.2) is 48.1 Å². The van der Waals surface area contributed by atoms with Crippen molar-refractivity contribution in [2.24, 2.45) is 0 Å². The Morgan fingerprint density at radius 2 is 1.94 bits per heavy atom. The highest BCUT2D eigenvalue weighted by atomic mass is 35.5. The van der Waals surface area contributed by atoms with Gasteiger partial charge < -0.3 is 9.80 Å². The number of nitrogens with zero attached hydrogens (tertiary/aromatic N) is 4. The number of likely N-dealkylation sites (N-methyl/N-ethyl adjacent to an activating group) is 1. The predicted octanol–water partition coefficient (Wildman–Crippen LogP) is 1.44. The van der Waals surface area contributed by atoms with Crippen molar-refractivity contribution in [2.45, 2.75) is 13.3 Å². The van der Waals surface area contributed by atoms with Crippen LogP contribution >= 0.6 is 11.6 Å². The van der Waals surface area contributed by atoms with Gasteiger partial charge in [0.2, 0.25) is 0 Å². The Morgan fingerprint density at radius 3 is 2.56 bits per heavy atom. The Morgan fingerprint density at radius 1 is 1.25 bits per heavy atom. The van der Waals surface area contributed by atoms with Gasteiger partial charge in [0.25, 0.3) is 0 Å². The van der Waals surface area contributed by atoms with Gasteiger partial charge in [0, 0.05) is 31.7 Å². The summed E-state index contributed by atoms with van der Waals surface area (Å²) in [5, 5.41) is 0.589. The van der Waals surface area contributed by atoms with Crippen LogP contribution in [-0.2, 0) is 6.42 Å². The molecule has 0 aromatic carbocycles. The van der Waals surface area contributed by atoms with Gasteiger partial charge in [-0.1, -0.05) is 18.5 Å². The van der Waals surface area contributed by atoms with Gasteiger partial charge in [0.1, 0.15) is 17.3 Å². The van der Waals surface area contributed by atoms with E-state index in [0.717, 1.165) is 44.0 Å². The molecular weight excluding hydrogens is 224 g/mol. The highest BCUT2D eigenvalue weighted by molar-refractivity contribution is 6.30.